The fourth-order valence-electron chi connectivity index (χ4n) is 0.389. The molecule has 0 radical (unpaired) electrons. The summed E-state index contributed by atoms with van der Waals surface area (Å²) in [5.41, 5.74) is 0. The summed E-state index contributed by atoms with van der Waals surface area (Å²) in [6.45, 7) is 5.46. The minimum Gasteiger partial charge on any atom is -0.388 e. The molecule has 0 amide bonds. The molecule has 0 bridgehead atoms. The van der Waals surface area contributed by atoms with Crippen LogP contribution >= 0.6 is 15.9 Å². The fraction of sp³-hybridized carbons (Fsp3) is 0.667. The van der Waals surface area contributed by atoms with Crippen molar-refractivity contribution >= 4 is 15.9 Å². The summed E-state index contributed by atoms with van der Waals surface area (Å²) in [6.07, 6.45) is 2.05. The topological polar surface area (TPSA) is 20.2 Å². The number of aliphatic hydroxyl groups excluding tert-OH is 1. The van der Waals surface area contributed by atoms with Crippen LogP contribution in [0.15, 0.2) is 12.7 Å². The molecule has 1 N–H and O–H groups in total. The third-order valence-electron chi connectivity index (χ3n) is 1.00. The van der Waals surface area contributed by atoms with Crippen LogP contribution < -0.4 is 0 Å². The zero-order valence-electron chi connectivity index (χ0n) is 4.97. The Morgan fingerprint density at radius 2 is 2.38 bits per heavy atom. The van der Waals surface area contributed by atoms with Crippen LogP contribution in [-0.2, 0) is 0 Å². The van der Waals surface area contributed by atoms with E-state index in [2.05, 4.69) is 22.5 Å². The Labute approximate surface area is 58.5 Å². The SMILES string of the molecule is C=CC(O)C(Br)CC. The minimum atomic E-state index is -0.403. The molecule has 1 nitrogen and oxygen atoms in total. The van der Waals surface area contributed by atoms with Crippen LogP contribution in [0.25, 0.3) is 0 Å². The summed E-state index contributed by atoms with van der Waals surface area (Å²) in [6, 6.07) is 0. The lowest BCUT2D eigenvalue weighted by Gasteiger charge is -2.08. The Balaban J connectivity index is 3.44. The highest BCUT2D eigenvalue weighted by Crippen LogP contribution is 2.09. The van der Waals surface area contributed by atoms with Gasteiger partial charge in [-0.3, -0.25) is 0 Å². The Morgan fingerprint density at radius 3 is 2.50 bits per heavy atom. The van der Waals surface area contributed by atoms with E-state index in [0.717, 1.165) is 6.42 Å². The maximum absolute atomic E-state index is 8.96. The maximum Gasteiger partial charge on any atom is 0.0843 e. The number of alkyl halides is 1. The Bertz CT molecular complexity index is 72.9. The average Bonchev–Trinajstić information content (AvgIpc) is 1.84. The smallest absolute Gasteiger partial charge is 0.0843 e. The molecule has 0 aliphatic rings. The molecule has 0 aromatic carbocycles. The molecular weight excluding hydrogens is 168 g/mol. The summed E-state index contributed by atoms with van der Waals surface area (Å²) in [5, 5.41) is 8.96. The quantitative estimate of drug-likeness (QED) is 0.516. The van der Waals surface area contributed by atoms with Crippen LogP contribution in [0.2, 0.25) is 0 Å². The van der Waals surface area contributed by atoms with Crippen LogP contribution in [0.1, 0.15) is 13.3 Å². The highest BCUT2D eigenvalue weighted by Gasteiger charge is 2.07. The first-order valence-electron chi connectivity index (χ1n) is 2.67. The molecule has 0 aromatic rings. The standard InChI is InChI=1S/C6H11BrO/c1-3-5(7)6(8)4-2/h4-6,8H,2-3H2,1H3. The van der Waals surface area contributed by atoms with E-state index in [4.69, 9.17) is 5.11 Å². The third-order valence-corrected chi connectivity index (χ3v) is 2.19. The molecule has 2 atom stereocenters. The van der Waals surface area contributed by atoms with Crippen molar-refractivity contribution in [3.8, 4) is 0 Å². The zero-order valence-corrected chi connectivity index (χ0v) is 6.56. The van der Waals surface area contributed by atoms with E-state index < -0.39 is 6.10 Å². The Morgan fingerprint density at radius 1 is 1.88 bits per heavy atom. The van der Waals surface area contributed by atoms with Crippen LogP contribution in [0, 0.1) is 0 Å². The number of halogens is 1. The number of rotatable bonds is 3. The van der Waals surface area contributed by atoms with Crippen LogP contribution in [0.4, 0.5) is 0 Å². The van der Waals surface area contributed by atoms with Gasteiger partial charge in [0, 0.05) is 4.83 Å². The van der Waals surface area contributed by atoms with Crippen molar-refractivity contribution in [3.05, 3.63) is 12.7 Å². The largest absolute Gasteiger partial charge is 0.388 e. The Kier molecular flexibility index (Phi) is 4.19. The molecular formula is C6H11BrO. The van der Waals surface area contributed by atoms with Gasteiger partial charge in [0.1, 0.15) is 0 Å². The molecule has 2 unspecified atom stereocenters. The average molecular weight is 179 g/mol. The molecule has 48 valence electrons. The van der Waals surface area contributed by atoms with Crippen LogP contribution in [0.5, 0.6) is 0 Å². The lowest BCUT2D eigenvalue weighted by molar-refractivity contribution is 0.220. The van der Waals surface area contributed by atoms with Gasteiger partial charge in [-0.05, 0) is 6.42 Å². The molecule has 8 heavy (non-hydrogen) atoms. The minimum absolute atomic E-state index is 0.167. The lowest BCUT2D eigenvalue weighted by atomic mass is 10.2. The first-order chi connectivity index (χ1) is 3.72. The fourth-order valence-corrected chi connectivity index (χ4v) is 0.605. The van der Waals surface area contributed by atoms with E-state index in [-0.39, 0.29) is 4.83 Å². The van der Waals surface area contributed by atoms with E-state index >= 15 is 0 Å². The van der Waals surface area contributed by atoms with Gasteiger partial charge in [0.15, 0.2) is 0 Å². The van der Waals surface area contributed by atoms with Gasteiger partial charge in [0.25, 0.3) is 0 Å². The molecule has 0 aromatic heterocycles. The van der Waals surface area contributed by atoms with Crippen molar-refractivity contribution in [2.45, 2.75) is 24.3 Å². The number of hydrogen-bond donors (Lipinski definition) is 1. The van der Waals surface area contributed by atoms with Crippen molar-refractivity contribution < 1.29 is 5.11 Å². The van der Waals surface area contributed by atoms with Crippen molar-refractivity contribution in [2.24, 2.45) is 0 Å². The normalized spacial score (nSPS) is 17.4. The van der Waals surface area contributed by atoms with Gasteiger partial charge < -0.3 is 5.11 Å². The molecule has 0 rings (SSSR count). The van der Waals surface area contributed by atoms with Gasteiger partial charge in [0.2, 0.25) is 0 Å². The van der Waals surface area contributed by atoms with Gasteiger partial charge in [-0.15, -0.1) is 6.58 Å². The highest BCUT2D eigenvalue weighted by atomic mass is 79.9. The molecule has 0 aliphatic heterocycles. The van der Waals surface area contributed by atoms with Crippen molar-refractivity contribution in [1.82, 2.24) is 0 Å². The molecule has 0 saturated carbocycles. The highest BCUT2D eigenvalue weighted by molar-refractivity contribution is 9.09. The van der Waals surface area contributed by atoms with Crippen molar-refractivity contribution in [2.75, 3.05) is 0 Å². The predicted molar refractivity (Wildman–Crippen MR) is 39.2 cm³/mol. The molecule has 0 saturated heterocycles. The van der Waals surface area contributed by atoms with E-state index in [1.807, 2.05) is 6.92 Å². The van der Waals surface area contributed by atoms with Gasteiger partial charge in [-0.25, -0.2) is 0 Å². The van der Waals surface area contributed by atoms with Gasteiger partial charge >= 0.3 is 0 Å². The summed E-state index contributed by atoms with van der Waals surface area (Å²) in [7, 11) is 0. The summed E-state index contributed by atoms with van der Waals surface area (Å²) in [4.78, 5) is 0.167. The van der Waals surface area contributed by atoms with E-state index in [9.17, 15) is 0 Å². The molecule has 0 fully saturated rings. The monoisotopic (exact) mass is 178 g/mol. The van der Waals surface area contributed by atoms with Gasteiger partial charge in [-0.2, -0.15) is 0 Å². The number of hydrogen-bond acceptors (Lipinski definition) is 1. The maximum atomic E-state index is 8.96. The molecule has 0 aliphatic carbocycles. The molecule has 0 spiro atoms. The van der Waals surface area contributed by atoms with Crippen LogP contribution in [-0.4, -0.2) is 16.0 Å². The van der Waals surface area contributed by atoms with Crippen LogP contribution in [0.3, 0.4) is 0 Å². The second-order valence-corrected chi connectivity index (χ2v) is 2.83. The van der Waals surface area contributed by atoms with Gasteiger partial charge in [0.05, 0.1) is 6.10 Å². The van der Waals surface area contributed by atoms with Crippen molar-refractivity contribution in [1.29, 1.82) is 0 Å². The first-order valence-corrected chi connectivity index (χ1v) is 3.58. The summed E-state index contributed by atoms with van der Waals surface area (Å²) >= 11 is 3.28. The number of aliphatic hydroxyl groups is 1. The van der Waals surface area contributed by atoms with E-state index in [1.54, 1.807) is 0 Å². The molecule has 0 heterocycles. The first kappa shape index (κ1) is 8.18. The molecule has 2 heteroatoms. The van der Waals surface area contributed by atoms with E-state index in [0.29, 0.717) is 0 Å². The third kappa shape index (κ3) is 2.48. The van der Waals surface area contributed by atoms with Gasteiger partial charge in [-0.1, -0.05) is 28.9 Å². The zero-order chi connectivity index (χ0) is 6.57. The lowest BCUT2D eigenvalue weighted by Crippen LogP contribution is -2.15. The van der Waals surface area contributed by atoms with Crippen molar-refractivity contribution in [3.63, 3.8) is 0 Å². The predicted octanol–water partition coefficient (Wildman–Crippen LogP) is 1.71. The second kappa shape index (κ2) is 4.10. The van der Waals surface area contributed by atoms with E-state index in [1.165, 1.54) is 6.08 Å². The summed E-state index contributed by atoms with van der Waals surface area (Å²) < 4.78 is 0. The second-order valence-electron chi connectivity index (χ2n) is 1.65. The summed E-state index contributed by atoms with van der Waals surface area (Å²) in [5.74, 6) is 0. The Hall–Kier alpha value is 0.180.